The van der Waals surface area contributed by atoms with Crippen molar-refractivity contribution in [3.63, 3.8) is 0 Å². The molecule has 0 bridgehead atoms. The molecule has 1 saturated heterocycles. The van der Waals surface area contributed by atoms with Crippen LogP contribution in [0.2, 0.25) is 0 Å². The molecular weight excluding hydrogens is 204 g/mol. The lowest BCUT2D eigenvalue weighted by Crippen LogP contribution is -2.47. The average molecular weight is 224 g/mol. The van der Waals surface area contributed by atoms with Crippen molar-refractivity contribution in [3.8, 4) is 0 Å². The fourth-order valence-electron chi connectivity index (χ4n) is 2.37. The zero-order valence-corrected chi connectivity index (χ0v) is 10.2. The topological polar surface area (TPSA) is 54.2 Å². The Morgan fingerprint density at radius 2 is 2.00 bits per heavy atom. The van der Waals surface area contributed by atoms with Gasteiger partial charge in [0.1, 0.15) is 6.10 Å². The number of hydrogen-bond donors (Lipinski definition) is 1. The maximum atomic E-state index is 10.4. The second-order valence-corrected chi connectivity index (χ2v) is 5.03. The number of likely N-dealkylation sites (tertiary alicyclic amines) is 1. The molecule has 1 aromatic heterocycles. The van der Waals surface area contributed by atoms with Gasteiger partial charge in [0.05, 0.1) is 11.9 Å². The van der Waals surface area contributed by atoms with Crippen LogP contribution >= 0.6 is 0 Å². The minimum absolute atomic E-state index is 0.258. The van der Waals surface area contributed by atoms with Crippen LogP contribution in [-0.2, 0) is 7.05 Å². The third kappa shape index (κ3) is 1.85. The Balaban J connectivity index is 2.19. The van der Waals surface area contributed by atoms with E-state index in [4.69, 9.17) is 0 Å². The first-order valence-electron chi connectivity index (χ1n) is 5.81. The fourth-order valence-corrected chi connectivity index (χ4v) is 2.37. The van der Waals surface area contributed by atoms with E-state index in [1.54, 1.807) is 10.9 Å². The minimum atomic E-state index is -0.550. The van der Waals surface area contributed by atoms with E-state index >= 15 is 0 Å². The van der Waals surface area contributed by atoms with Crippen LogP contribution in [0.5, 0.6) is 0 Å². The van der Waals surface area contributed by atoms with Crippen molar-refractivity contribution in [2.45, 2.75) is 38.3 Å². The molecule has 0 amide bonds. The first-order chi connectivity index (χ1) is 7.53. The fraction of sp³-hybridized carbons (Fsp3) is 0.818. The summed E-state index contributed by atoms with van der Waals surface area (Å²) in [5.74, 6) is 0. The van der Waals surface area contributed by atoms with Crippen LogP contribution in [-0.4, -0.2) is 43.6 Å². The highest BCUT2D eigenvalue weighted by Gasteiger charge is 2.38. The lowest BCUT2D eigenvalue weighted by molar-refractivity contribution is -0.00330. The van der Waals surface area contributed by atoms with E-state index in [2.05, 4.69) is 29.1 Å². The number of aliphatic hydroxyl groups is 1. The van der Waals surface area contributed by atoms with Gasteiger partial charge in [-0.25, -0.2) is 4.68 Å². The van der Waals surface area contributed by atoms with Crippen LogP contribution in [0.15, 0.2) is 6.20 Å². The van der Waals surface area contributed by atoms with Gasteiger partial charge in [-0.2, -0.15) is 0 Å². The van der Waals surface area contributed by atoms with Gasteiger partial charge in [0.2, 0.25) is 0 Å². The summed E-state index contributed by atoms with van der Waals surface area (Å²) in [7, 11) is 1.81. The molecule has 2 rings (SSSR count). The van der Waals surface area contributed by atoms with Crippen LogP contribution in [0.1, 0.15) is 38.5 Å². The Labute approximate surface area is 96.1 Å². The van der Waals surface area contributed by atoms with Crippen molar-refractivity contribution in [1.82, 2.24) is 19.9 Å². The van der Waals surface area contributed by atoms with Crippen molar-refractivity contribution in [1.29, 1.82) is 0 Å². The second-order valence-electron chi connectivity index (χ2n) is 5.03. The lowest BCUT2D eigenvalue weighted by Gasteiger charge is -2.39. The van der Waals surface area contributed by atoms with Crippen LogP contribution in [0.3, 0.4) is 0 Å². The maximum Gasteiger partial charge on any atom is 0.115 e. The van der Waals surface area contributed by atoms with Crippen LogP contribution in [0.4, 0.5) is 0 Å². The summed E-state index contributed by atoms with van der Waals surface area (Å²) in [4.78, 5) is 2.34. The Hall–Kier alpha value is -0.940. The number of rotatable bonds is 3. The molecule has 1 aromatic rings. The molecule has 16 heavy (non-hydrogen) atoms. The molecule has 1 aliphatic heterocycles. The van der Waals surface area contributed by atoms with Crippen molar-refractivity contribution in [3.05, 3.63) is 11.9 Å². The maximum absolute atomic E-state index is 10.4. The zero-order valence-electron chi connectivity index (χ0n) is 10.2. The van der Waals surface area contributed by atoms with Gasteiger partial charge in [-0.3, -0.25) is 4.90 Å². The molecule has 90 valence electrons. The monoisotopic (exact) mass is 224 g/mol. The summed E-state index contributed by atoms with van der Waals surface area (Å²) in [6.07, 6.45) is 3.54. The number of hydrogen-bond acceptors (Lipinski definition) is 4. The van der Waals surface area contributed by atoms with Crippen LogP contribution < -0.4 is 0 Å². The molecule has 1 fully saturated rings. The molecule has 2 heterocycles. The normalized spacial score (nSPS) is 20.2. The van der Waals surface area contributed by atoms with E-state index < -0.39 is 6.10 Å². The largest absolute Gasteiger partial charge is 0.385 e. The minimum Gasteiger partial charge on any atom is -0.385 e. The van der Waals surface area contributed by atoms with E-state index in [1.807, 2.05) is 7.05 Å². The molecule has 1 unspecified atom stereocenters. The van der Waals surface area contributed by atoms with Crippen molar-refractivity contribution in [2.24, 2.45) is 7.05 Å². The van der Waals surface area contributed by atoms with E-state index in [0.29, 0.717) is 0 Å². The average Bonchev–Trinajstić information content (AvgIpc) is 2.86. The molecule has 0 aromatic carbocycles. The molecule has 1 atom stereocenters. The summed E-state index contributed by atoms with van der Waals surface area (Å²) in [5.41, 5.74) is 0.517. The SMILES string of the molecule is Cn1nncc1C(O)C(C)(C)N1CCCC1. The van der Waals surface area contributed by atoms with Crippen molar-refractivity contribution < 1.29 is 5.11 Å². The Morgan fingerprint density at radius 1 is 1.38 bits per heavy atom. The zero-order chi connectivity index (χ0) is 11.8. The number of aromatic nitrogens is 3. The number of nitrogens with zero attached hydrogens (tertiary/aromatic N) is 4. The molecule has 0 aliphatic carbocycles. The highest BCUT2D eigenvalue weighted by atomic mass is 16.3. The van der Waals surface area contributed by atoms with E-state index in [-0.39, 0.29) is 5.54 Å². The third-order valence-corrected chi connectivity index (χ3v) is 3.62. The quantitative estimate of drug-likeness (QED) is 0.822. The second kappa shape index (κ2) is 4.14. The number of aliphatic hydroxyl groups excluding tert-OH is 1. The summed E-state index contributed by atoms with van der Waals surface area (Å²) in [6.45, 7) is 6.29. The predicted molar refractivity (Wildman–Crippen MR) is 60.8 cm³/mol. The van der Waals surface area contributed by atoms with E-state index in [9.17, 15) is 5.11 Å². The van der Waals surface area contributed by atoms with Gasteiger partial charge in [0, 0.05) is 12.6 Å². The predicted octanol–water partition coefficient (Wildman–Crippen LogP) is 0.723. The van der Waals surface area contributed by atoms with Gasteiger partial charge in [-0.05, 0) is 39.8 Å². The molecule has 1 aliphatic rings. The van der Waals surface area contributed by atoms with Gasteiger partial charge in [0.15, 0.2) is 0 Å². The Bertz CT molecular complexity index is 355. The highest BCUT2D eigenvalue weighted by molar-refractivity contribution is 5.07. The third-order valence-electron chi connectivity index (χ3n) is 3.62. The summed E-state index contributed by atoms with van der Waals surface area (Å²) in [6, 6.07) is 0. The standard InChI is InChI=1S/C11H20N4O/c1-11(2,15-6-4-5-7-15)10(16)9-8-12-13-14(9)3/h8,10,16H,4-7H2,1-3H3. The molecule has 1 N–H and O–H groups in total. The molecular formula is C11H20N4O. The van der Waals surface area contributed by atoms with E-state index in [0.717, 1.165) is 18.8 Å². The highest BCUT2D eigenvalue weighted by Crippen LogP contribution is 2.32. The molecule has 0 radical (unpaired) electrons. The van der Waals surface area contributed by atoms with Crippen LogP contribution in [0.25, 0.3) is 0 Å². The molecule has 0 saturated carbocycles. The summed E-state index contributed by atoms with van der Waals surface area (Å²) >= 11 is 0. The van der Waals surface area contributed by atoms with Crippen molar-refractivity contribution in [2.75, 3.05) is 13.1 Å². The first kappa shape index (κ1) is 11.5. The van der Waals surface area contributed by atoms with Gasteiger partial charge in [0.25, 0.3) is 0 Å². The smallest absolute Gasteiger partial charge is 0.115 e. The number of aryl methyl sites for hydroxylation is 1. The first-order valence-corrected chi connectivity index (χ1v) is 5.81. The van der Waals surface area contributed by atoms with Gasteiger partial charge >= 0.3 is 0 Å². The van der Waals surface area contributed by atoms with Gasteiger partial charge < -0.3 is 5.11 Å². The summed E-state index contributed by atoms with van der Waals surface area (Å²) in [5, 5.41) is 18.1. The van der Waals surface area contributed by atoms with Crippen molar-refractivity contribution >= 4 is 0 Å². The van der Waals surface area contributed by atoms with Gasteiger partial charge in [-0.1, -0.05) is 5.21 Å². The molecule has 0 spiro atoms. The van der Waals surface area contributed by atoms with Crippen LogP contribution in [0, 0.1) is 0 Å². The molecule has 5 nitrogen and oxygen atoms in total. The van der Waals surface area contributed by atoms with Gasteiger partial charge in [-0.15, -0.1) is 5.10 Å². The lowest BCUT2D eigenvalue weighted by atomic mass is 9.93. The Morgan fingerprint density at radius 3 is 2.50 bits per heavy atom. The summed E-state index contributed by atoms with van der Waals surface area (Å²) < 4.78 is 1.64. The van der Waals surface area contributed by atoms with E-state index in [1.165, 1.54) is 12.8 Å². The molecule has 5 heteroatoms. The Kier molecular flexibility index (Phi) is 2.99.